The number of hydrogen-bond donors (Lipinski definition) is 0. The minimum atomic E-state index is -2.62. The van der Waals surface area contributed by atoms with Crippen LogP contribution in [0.1, 0.15) is 1.43 Å². The summed E-state index contributed by atoms with van der Waals surface area (Å²) in [5.74, 6) is 0. The van der Waals surface area contributed by atoms with E-state index in [0.717, 1.165) is 0 Å². The van der Waals surface area contributed by atoms with Gasteiger partial charge in [0.15, 0.2) is 18.5 Å². The monoisotopic (exact) mass is 212 g/mol. The van der Waals surface area contributed by atoms with Crippen LogP contribution in [0.5, 0.6) is 0 Å². The topological polar surface area (TPSA) is 0 Å². The number of hydrogen-bond acceptors (Lipinski definition) is 0. The van der Waals surface area contributed by atoms with Crippen LogP contribution in [0.3, 0.4) is 0 Å². The van der Waals surface area contributed by atoms with Crippen molar-refractivity contribution in [3.05, 3.63) is 0 Å². The van der Waals surface area contributed by atoms with Gasteiger partial charge in [0.05, 0.1) is 10.1 Å². The predicted octanol–water partition coefficient (Wildman–Crippen LogP) is -1.84. The fraction of sp³-hybridized carbons (Fsp3) is 1.00. The van der Waals surface area contributed by atoms with Crippen LogP contribution in [-0.2, 0) is 0 Å². The van der Waals surface area contributed by atoms with Gasteiger partial charge in [0.1, 0.15) is 0 Å². The van der Waals surface area contributed by atoms with Gasteiger partial charge in [0.25, 0.3) is 0 Å². The summed E-state index contributed by atoms with van der Waals surface area (Å²) >= 11 is -2.09. The van der Waals surface area contributed by atoms with E-state index in [0.29, 0.717) is 0 Å². The molecule has 12 heavy (non-hydrogen) atoms. The Hall–Kier alpha value is 1.18. The van der Waals surface area contributed by atoms with Gasteiger partial charge in [-0.25, -0.2) is 13.2 Å². The van der Waals surface area contributed by atoms with E-state index < -0.39 is 43.8 Å². The van der Waals surface area contributed by atoms with Crippen molar-refractivity contribution in [1.29, 1.82) is 0 Å². The zero-order valence-corrected chi connectivity index (χ0v) is 9.90. The van der Waals surface area contributed by atoms with Gasteiger partial charge in [-0.1, -0.05) is 0 Å². The first kappa shape index (κ1) is 13.2. The molecule has 4 unspecified atom stereocenters. The summed E-state index contributed by atoms with van der Waals surface area (Å²) in [7, 11) is 0. The molecule has 4 atom stereocenters. The van der Waals surface area contributed by atoms with Crippen molar-refractivity contribution in [3.8, 4) is 0 Å². The molecule has 1 rings (SSSR count). The molecule has 0 aromatic carbocycles. The molecule has 0 aliphatic carbocycles. The minimum absolute atomic E-state index is 0. The summed E-state index contributed by atoms with van der Waals surface area (Å²) in [6.07, 6.45) is -7.53. The van der Waals surface area contributed by atoms with Crippen molar-refractivity contribution >= 4 is 15.2 Å². The van der Waals surface area contributed by atoms with Crippen molar-refractivity contribution in [2.75, 3.05) is 0 Å². The normalized spacial score (nSPS) is 47.6. The van der Waals surface area contributed by atoms with Crippen LogP contribution in [0.2, 0.25) is 0 Å². The Morgan fingerprint density at radius 1 is 0.750 bits per heavy atom. The third kappa shape index (κ3) is 2.58. The summed E-state index contributed by atoms with van der Waals surface area (Å²) in [5.41, 5.74) is 0. The zero-order valence-electron chi connectivity index (χ0n) is 7.48. The molecular weight excluding hydrogens is 205 g/mol. The van der Waals surface area contributed by atoms with Crippen LogP contribution < -0.4 is 29.6 Å². The van der Waals surface area contributed by atoms with Gasteiger partial charge in [-0.05, 0) is 0 Å². The van der Waals surface area contributed by atoms with Crippen molar-refractivity contribution in [2.45, 2.75) is 28.6 Å². The van der Waals surface area contributed by atoms with Gasteiger partial charge in [-0.3, -0.25) is 8.78 Å². The van der Waals surface area contributed by atoms with E-state index in [1.807, 2.05) is 0 Å². The molecule has 0 aromatic rings. The van der Waals surface area contributed by atoms with Gasteiger partial charge >= 0.3 is 44.8 Å². The molecule has 0 bridgehead atoms. The first-order chi connectivity index (χ1) is 5.04. The molecule has 0 N–H and O–H groups in total. The van der Waals surface area contributed by atoms with Gasteiger partial charge in [0.2, 0.25) is 0 Å². The molecule has 1 heterocycles. The molecule has 0 saturated carbocycles. The largest absolute Gasteiger partial charge is 1.00 e. The summed E-state index contributed by atoms with van der Waals surface area (Å²) in [5, 5.41) is -4.15. The fourth-order valence-corrected chi connectivity index (χ4v) is 2.52. The van der Waals surface area contributed by atoms with Gasteiger partial charge in [-0.15, -0.1) is 0 Å². The molecule has 1 aliphatic heterocycles. The molecular formula is C5H7AlF5Na. The van der Waals surface area contributed by atoms with E-state index in [9.17, 15) is 22.0 Å². The standard InChI is InChI=1S/C5H5F5.Al.Na.2H/c6-1-3(8)5(10)4(9)2-7;;;;/h1-5H;;;;/q;;+1;;-1. The van der Waals surface area contributed by atoms with Gasteiger partial charge in [0, 0.05) is 0 Å². The number of halogens is 5. The molecule has 0 nitrogen and oxygen atoms in total. The van der Waals surface area contributed by atoms with E-state index in [-0.39, 0.29) is 31.0 Å². The summed E-state index contributed by atoms with van der Waals surface area (Å²) in [6.45, 7) is 0. The molecule has 1 saturated heterocycles. The Labute approximate surface area is 96.4 Å². The first-order valence-electron chi connectivity index (χ1n) is 3.24. The average molecular weight is 212 g/mol. The number of alkyl halides is 5. The van der Waals surface area contributed by atoms with Crippen LogP contribution in [-0.4, -0.2) is 43.8 Å². The van der Waals surface area contributed by atoms with Crippen LogP contribution in [0.15, 0.2) is 0 Å². The zero-order chi connectivity index (χ0) is 8.59. The van der Waals surface area contributed by atoms with Crippen molar-refractivity contribution in [2.24, 2.45) is 0 Å². The minimum Gasteiger partial charge on any atom is -1.00 e. The Balaban J connectivity index is 0. The Kier molecular flexibility index (Phi) is 5.67. The molecule has 0 aromatic heterocycles. The maximum atomic E-state index is 12.3. The van der Waals surface area contributed by atoms with Crippen LogP contribution in [0.25, 0.3) is 0 Å². The summed E-state index contributed by atoms with van der Waals surface area (Å²) in [4.78, 5) is 0. The Bertz CT molecular complexity index is 139. The molecule has 7 heteroatoms. The summed E-state index contributed by atoms with van der Waals surface area (Å²) < 4.78 is 61.4. The van der Waals surface area contributed by atoms with Crippen LogP contribution >= 0.6 is 0 Å². The molecule has 1 fully saturated rings. The maximum Gasteiger partial charge on any atom is 1.00 e. The van der Waals surface area contributed by atoms with E-state index in [1.165, 1.54) is 0 Å². The third-order valence-electron chi connectivity index (χ3n) is 1.75. The second-order valence-electron chi connectivity index (χ2n) is 2.60. The van der Waals surface area contributed by atoms with E-state index >= 15 is 0 Å². The average Bonchev–Trinajstić information content (AvgIpc) is 1.97. The fourth-order valence-electron chi connectivity index (χ4n) is 1.05. The van der Waals surface area contributed by atoms with E-state index in [4.69, 9.17) is 0 Å². The Morgan fingerprint density at radius 2 is 1.08 bits per heavy atom. The van der Waals surface area contributed by atoms with Crippen molar-refractivity contribution < 1.29 is 52.9 Å². The molecule has 0 amide bonds. The molecule has 0 radical (unpaired) electrons. The molecule has 0 spiro atoms. The van der Waals surface area contributed by atoms with Gasteiger partial charge in [-0.2, -0.15) is 0 Å². The van der Waals surface area contributed by atoms with Gasteiger partial charge < -0.3 is 1.43 Å². The maximum absolute atomic E-state index is 12.3. The predicted molar refractivity (Wildman–Crippen MR) is 32.7 cm³/mol. The quantitative estimate of drug-likeness (QED) is 0.327. The number of rotatable bonds is 0. The first-order valence-corrected chi connectivity index (χ1v) is 4.87. The van der Waals surface area contributed by atoms with E-state index in [1.54, 1.807) is 0 Å². The Morgan fingerprint density at radius 3 is 1.42 bits per heavy atom. The second-order valence-corrected chi connectivity index (χ2v) is 4.63. The molecule has 1 aliphatic rings. The summed E-state index contributed by atoms with van der Waals surface area (Å²) in [6, 6.07) is 0. The smallest absolute Gasteiger partial charge is 1.00 e. The van der Waals surface area contributed by atoms with Crippen molar-refractivity contribution in [1.82, 2.24) is 0 Å². The SMILES string of the molecule is F[CH]1[AlH][CH](F)C(F)C(F)C1F.[H-].[Na+]. The van der Waals surface area contributed by atoms with Crippen molar-refractivity contribution in [3.63, 3.8) is 0 Å². The second kappa shape index (κ2) is 5.16. The van der Waals surface area contributed by atoms with Crippen LogP contribution in [0.4, 0.5) is 22.0 Å². The third-order valence-corrected chi connectivity index (χ3v) is 3.55. The van der Waals surface area contributed by atoms with Crippen LogP contribution in [0, 0.1) is 0 Å². The molecule has 66 valence electrons. The van der Waals surface area contributed by atoms with E-state index in [2.05, 4.69) is 0 Å².